The van der Waals surface area contributed by atoms with Crippen molar-refractivity contribution in [2.45, 2.75) is 24.9 Å². The second-order valence-corrected chi connectivity index (χ2v) is 8.99. The maximum absolute atomic E-state index is 11.5. The van der Waals surface area contributed by atoms with Crippen LogP contribution >= 0.6 is 12.2 Å². The van der Waals surface area contributed by atoms with Crippen molar-refractivity contribution in [2.75, 3.05) is 32.5 Å². The summed E-state index contributed by atoms with van der Waals surface area (Å²) in [5.74, 6) is 0.899. The molecule has 1 aromatic rings. The van der Waals surface area contributed by atoms with Crippen LogP contribution in [0.1, 0.15) is 24.4 Å². The van der Waals surface area contributed by atoms with Gasteiger partial charge in [0, 0.05) is 12.0 Å². The first-order valence-corrected chi connectivity index (χ1v) is 10.9. The Morgan fingerprint density at radius 3 is 2.58 bits per heavy atom. The molecule has 0 amide bonds. The second-order valence-electron chi connectivity index (χ2n) is 6.65. The summed E-state index contributed by atoms with van der Waals surface area (Å²) in [6, 6.07) is 8.09. The van der Waals surface area contributed by atoms with Gasteiger partial charge in [0.1, 0.15) is 5.75 Å². The minimum absolute atomic E-state index is 0.0584. The summed E-state index contributed by atoms with van der Waals surface area (Å²) in [4.78, 5) is 2.46. The SMILES string of the molecule is COc1ccc([C@@H](CNC(=S)N[C@@H]2C=CS(=O)(=O)C2)N2CCCC2)cc1. The van der Waals surface area contributed by atoms with Gasteiger partial charge in [0.05, 0.1) is 24.9 Å². The van der Waals surface area contributed by atoms with Crippen LogP contribution in [0.25, 0.3) is 0 Å². The average Bonchev–Trinajstić information content (AvgIpc) is 3.25. The second kappa shape index (κ2) is 8.37. The highest BCUT2D eigenvalue weighted by Crippen LogP contribution is 2.26. The number of nitrogens with one attached hydrogen (secondary N) is 2. The van der Waals surface area contributed by atoms with Crippen LogP contribution in [0.2, 0.25) is 0 Å². The van der Waals surface area contributed by atoms with Crippen molar-refractivity contribution in [1.82, 2.24) is 15.5 Å². The smallest absolute Gasteiger partial charge is 0.173 e. The van der Waals surface area contributed by atoms with Crippen molar-refractivity contribution in [1.29, 1.82) is 0 Å². The number of likely N-dealkylation sites (tertiary alicyclic amines) is 1. The number of thiocarbonyl (C=S) groups is 1. The minimum atomic E-state index is -3.09. The van der Waals surface area contributed by atoms with Gasteiger partial charge in [-0.05, 0) is 61.9 Å². The van der Waals surface area contributed by atoms with Crippen molar-refractivity contribution >= 4 is 27.2 Å². The number of nitrogens with zero attached hydrogens (tertiary/aromatic N) is 1. The first-order chi connectivity index (χ1) is 12.5. The normalized spacial score (nSPS) is 22.9. The van der Waals surface area contributed by atoms with Gasteiger partial charge in [-0.15, -0.1) is 0 Å². The molecule has 0 unspecified atom stereocenters. The zero-order valence-corrected chi connectivity index (χ0v) is 16.5. The highest BCUT2D eigenvalue weighted by atomic mass is 32.2. The van der Waals surface area contributed by atoms with E-state index in [1.165, 1.54) is 23.8 Å². The van der Waals surface area contributed by atoms with Gasteiger partial charge in [-0.2, -0.15) is 0 Å². The van der Waals surface area contributed by atoms with E-state index in [0.717, 1.165) is 18.8 Å². The highest BCUT2D eigenvalue weighted by molar-refractivity contribution is 7.94. The molecule has 0 radical (unpaired) electrons. The quantitative estimate of drug-likeness (QED) is 0.709. The van der Waals surface area contributed by atoms with Crippen molar-refractivity contribution in [3.8, 4) is 5.75 Å². The third kappa shape index (κ3) is 4.96. The van der Waals surface area contributed by atoms with Gasteiger partial charge in [0.15, 0.2) is 14.9 Å². The third-order valence-corrected chi connectivity index (χ3v) is 6.44. The Labute approximate surface area is 160 Å². The lowest BCUT2D eigenvalue weighted by Gasteiger charge is -2.29. The summed E-state index contributed by atoms with van der Waals surface area (Å²) in [6.07, 6.45) is 4.06. The molecule has 1 aromatic carbocycles. The third-order valence-electron chi connectivity index (χ3n) is 4.78. The van der Waals surface area contributed by atoms with Crippen LogP contribution in [0, 0.1) is 0 Å². The van der Waals surface area contributed by atoms with Gasteiger partial charge in [0.25, 0.3) is 0 Å². The number of hydrogen-bond donors (Lipinski definition) is 2. The molecule has 1 fully saturated rings. The summed E-state index contributed by atoms with van der Waals surface area (Å²) in [6.45, 7) is 2.81. The molecule has 3 rings (SSSR count). The van der Waals surface area contributed by atoms with E-state index in [9.17, 15) is 8.42 Å². The fourth-order valence-corrected chi connectivity index (χ4v) is 4.88. The van der Waals surface area contributed by atoms with Gasteiger partial charge < -0.3 is 15.4 Å². The summed E-state index contributed by atoms with van der Waals surface area (Å²) in [7, 11) is -1.42. The lowest BCUT2D eigenvalue weighted by atomic mass is 10.1. The van der Waals surface area contributed by atoms with Crippen molar-refractivity contribution in [2.24, 2.45) is 0 Å². The van der Waals surface area contributed by atoms with Crippen LogP contribution in [0.4, 0.5) is 0 Å². The largest absolute Gasteiger partial charge is 0.497 e. The van der Waals surface area contributed by atoms with Gasteiger partial charge >= 0.3 is 0 Å². The van der Waals surface area contributed by atoms with E-state index in [-0.39, 0.29) is 17.8 Å². The average molecular weight is 396 g/mol. The number of hydrogen-bond acceptors (Lipinski definition) is 5. The Balaban J connectivity index is 1.60. The predicted octanol–water partition coefficient (Wildman–Crippen LogP) is 1.61. The van der Waals surface area contributed by atoms with E-state index < -0.39 is 9.84 Å². The van der Waals surface area contributed by atoms with E-state index >= 15 is 0 Å². The molecule has 2 atom stereocenters. The zero-order chi connectivity index (χ0) is 18.6. The highest BCUT2D eigenvalue weighted by Gasteiger charge is 2.25. The van der Waals surface area contributed by atoms with E-state index in [4.69, 9.17) is 17.0 Å². The van der Waals surface area contributed by atoms with Crippen LogP contribution in [0.15, 0.2) is 35.7 Å². The Morgan fingerprint density at radius 2 is 2.00 bits per heavy atom. The summed E-state index contributed by atoms with van der Waals surface area (Å²) in [5.41, 5.74) is 1.21. The zero-order valence-electron chi connectivity index (χ0n) is 14.8. The van der Waals surface area contributed by atoms with Crippen molar-refractivity contribution in [3.05, 3.63) is 41.3 Å². The molecule has 2 aliphatic rings. The minimum Gasteiger partial charge on any atom is -0.497 e. The Bertz CT molecular complexity index is 756. The van der Waals surface area contributed by atoms with Crippen LogP contribution < -0.4 is 15.4 Å². The van der Waals surface area contributed by atoms with Crippen LogP contribution in [-0.2, 0) is 9.84 Å². The standard InChI is InChI=1S/C18H25N3O3S2/c1-24-16-6-4-14(5-7-16)17(21-9-2-3-10-21)12-19-18(25)20-15-8-11-26(22,23)13-15/h4-8,11,15,17H,2-3,9-10,12-13H2,1H3,(H2,19,20,25)/t15-,17-/m1/s1. The molecule has 8 heteroatoms. The molecule has 0 bridgehead atoms. The predicted molar refractivity (Wildman–Crippen MR) is 107 cm³/mol. The van der Waals surface area contributed by atoms with Crippen LogP contribution in [0.5, 0.6) is 5.75 Å². The number of sulfone groups is 1. The molecule has 0 spiro atoms. The lowest BCUT2D eigenvalue weighted by Crippen LogP contribution is -2.45. The van der Waals surface area contributed by atoms with Crippen molar-refractivity contribution in [3.63, 3.8) is 0 Å². The summed E-state index contributed by atoms with van der Waals surface area (Å²) in [5, 5.41) is 8.05. The molecule has 0 saturated carbocycles. The number of rotatable bonds is 6. The molecular formula is C18H25N3O3S2. The molecule has 2 N–H and O–H groups in total. The maximum atomic E-state index is 11.5. The molecule has 0 aromatic heterocycles. The molecule has 6 nitrogen and oxygen atoms in total. The molecule has 2 aliphatic heterocycles. The molecule has 26 heavy (non-hydrogen) atoms. The maximum Gasteiger partial charge on any atom is 0.173 e. The van der Waals surface area contributed by atoms with Crippen LogP contribution in [-0.4, -0.2) is 57.0 Å². The van der Waals surface area contributed by atoms with Crippen molar-refractivity contribution < 1.29 is 13.2 Å². The number of ether oxygens (including phenoxy) is 1. The van der Waals surface area contributed by atoms with E-state index in [2.05, 4.69) is 27.7 Å². The molecular weight excluding hydrogens is 370 g/mol. The molecule has 0 aliphatic carbocycles. The van der Waals surface area contributed by atoms with E-state index in [1.807, 2.05) is 12.1 Å². The topological polar surface area (TPSA) is 70.7 Å². The van der Waals surface area contributed by atoms with Gasteiger partial charge in [-0.3, -0.25) is 4.90 Å². The Kier molecular flexibility index (Phi) is 6.16. The van der Waals surface area contributed by atoms with Crippen LogP contribution in [0.3, 0.4) is 0 Å². The summed E-state index contributed by atoms with van der Waals surface area (Å²) < 4.78 is 28.2. The lowest BCUT2D eigenvalue weighted by molar-refractivity contribution is 0.245. The van der Waals surface area contributed by atoms with Gasteiger partial charge in [-0.1, -0.05) is 12.1 Å². The monoisotopic (exact) mass is 395 g/mol. The van der Waals surface area contributed by atoms with E-state index in [0.29, 0.717) is 11.7 Å². The molecule has 142 valence electrons. The van der Waals surface area contributed by atoms with Gasteiger partial charge in [0.2, 0.25) is 0 Å². The number of benzene rings is 1. The fraction of sp³-hybridized carbons (Fsp3) is 0.500. The fourth-order valence-electron chi connectivity index (χ4n) is 3.41. The summed E-state index contributed by atoms with van der Waals surface area (Å²) >= 11 is 5.36. The Morgan fingerprint density at radius 1 is 1.31 bits per heavy atom. The Hall–Kier alpha value is -1.64. The molecule has 2 heterocycles. The van der Waals surface area contributed by atoms with E-state index in [1.54, 1.807) is 13.2 Å². The number of methoxy groups -OCH3 is 1. The van der Waals surface area contributed by atoms with Gasteiger partial charge in [-0.25, -0.2) is 8.42 Å². The molecule has 1 saturated heterocycles. The first kappa shape index (κ1) is 19.1. The first-order valence-electron chi connectivity index (χ1n) is 8.80.